The Hall–Kier alpha value is -2.74. The van der Waals surface area contributed by atoms with E-state index in [4.69, 9.17) is 25.8 Å². The van der Waals surface area contributed by atoms with E-state index in [1.165, 1.54) is 0 Å². The van der Waals surface area contributed by atoms with E-state index in [1.807, 2.05) is 54.3 Å². The van der Waals surface area contributed by atoms with Gasteiger partial charge in [0.1, 0.15) is 18.0 Å². The van der Waals surface area contributed by atoms with Crippen LogP contribution in [0.25, 0.3) is 0 Å². The van der Waals surface area contributed by atoms with Crippen LogP contribution in [0.15, 0.2) is 55.1 Å². The lowest BCUT2D eigenvalue weighted by molar-refractivity contribution is -0.0537. The molecular weight excluding hydrogens is 466 g/mol. The van der Waals surface area contributed by atoms with E-state index >= 15 is 0 Å². The van der Waals surface area contributed by atoms with Crippen molar-refractivity contribution in [2.24, 2.45) is 0 Å². The fourth-order valence-electron chi connectivity index (χ4n) is 4.24. The number of benzene rings is 2. The van der Waals surface area contributed by atoms with Crippen molar-refractivity contribution in [2.45, 2.75) is 44.9 Å². The van der Waals surface area contributed by atoms with Gasteiger partial charge in [-0.05, 0) is 61.6 Å². The molecule has 0 unspecified atom stereocenters. The van der Waals surface area contributed by atoms with Crippen molar-refractivity contribution in [3.63, 3.8) is 0 Å². The number of aliphatic hydroxyl groups is 1. The second-order valence-corrected chi connectivity index (χ2v) is 9.62. The van der Waals surface area contributed by atoms with E-state index in [-0.39, 0.29) is 6.61 Å². The number of likely N-dealkylation sites (tertiary alicyclic amines) is 1. The van der Waals surface area contributed by atoms with Gasteiger partial charge < -0.3 is 23.9 Å². The predicted octanol–water partition coefficient (Wildman–Crippen LogP) is 4.73. The number of aromatic nitrogens is 2. The van der Waals surface area contributed by atoms with Gasteiger partial charge in [-0.2, -0.15) is 0 Å². The molecule has 0 amide bonds. The van der Waals surface area contributed by atoms with Gasteiger partial charge in [0.15, 0.2) is 11.5 Å². The van der Waals surface area contributed by atoms with Crippen LogP contribution in [0.4, 0.5) is 0 Å². The zero-order valence-corrected chi connectivity index (χ0v) is 21.2. The molecule has 1 fully saturated rings. The molecule has 0 aliphatic carbocycles. The van der Waals surface area contributed by atoms with Gasteiger partial charge in [-0.25, -0.2) is 4.98 Å². The zero-order chi connectivity index (χ0) is 24.7. The molecule has 4 rings (SSSR count). The standard InChI is InChI=1S/C27H34ClN3O4/c1-21-4-6-23(28)25(16-21)35-19-27(32)8-12-30(13-9-27)18-22-5-7-24(26(17-22)33-2)34-15-3-11-31-14-10-29-20-31/h4-7,10,14,16-17,20,32H,3,8-9,11-13,15,18-19H2,1-2H3. The Balaban J connectivity index is 1.24. The minimum atomic E-state index is -0.852. The molecule has 3 aromatic rings. The van der Waals surface area contributed by atoms with Gasteiger partial charge in [-0.15, -0.1) is 0 Å². The first-order valence-corrected chi connectivity index (χ1v) is 12.4. The van der Waals surface area contributed by atoms with Crippen LogP contribution in [0.5, 0.6) is 17.2 Å². The van der Waals surface area contributed by atoms with Crippen LogP contribution >= 0.6 is 11.6 Å². The Kier molecular flexibility index (Phi) is 8.55. The van der Waals surface area contributed by atoms with Crippen molar-refractivity contribution < 1.29 is 19.3 Å². The van der Waals surface area contributed by atoms with Crippen LogP contribution < -0.4 is 14.2 Å². The Morgan fingerprint density at radius 2 is 1.89 bits per heavy atom. The van der Waals surface area contributed by atoms with Crippen LogP contribution in [0.2, 0.25) is 5.02 Å². The average Bonchev–Trinajstić information content (AvgIpc) is 3.38. The van der Waals surface area contributed by atoms with Gasteiger partial charge in [-0.3, -0.25) is 4.90 Å². The third-order valence-electron chi connectivity index (χ3n) is 6.38. The third-order valence-corrected chi connectivity index (χ3v) is 6.69. The summed E-state index contributed by atoms with van der Waals surface area (Å²) in [5, 5.41) is 11.6. The van der Waals surface area contributed by atoms with Gasteiger partial charge >= 0.3 is 0 Å². The molecule has 0 saturated carbocycles. The van der Waals surface area contributed by atoms with Crippen molar-refractivity contribution >= 4 is 11.6 Å². The monoisotopic (exact) mass is 499 g/mol. The minimum absolute atomic E-state index is 0.241. The summed E-state index contributed by atoms with van der Waals surface area (Å²) in [6, 6.07) is 11.8. The highest BCUT2D eigenvalue weighted by molar-refractivity contribution is 6.32. The summed E-state index contributed by atoms with van der Waals surface area (Å²) >= 11 is 6.23. The molecule has 35 heavy (non-hydrogen) atoms. The van der Waals surface area contributed by atoms with Gasteiger partial charge in [0.2, 0.25) is 0 Å². The molecule has 1 aliphatic rings. The summed E-state index contributed by atoms with van der Waals surface area (Å²) in [6.45, 7) is 6.07. The number of rotatable bonds is 11. The van der Waals surface area contributed by atoms with Crippen LogP contribution in [-0.4, -0.2) is 58.6 Å². The topological polar surface area (TPSA) is 69.0 Å². The SMILES string of the molecule is COc1cc(CN2CCC(O)(COc3cc(C)ccc3Cl)CC2)ccc1OCCCn1ccnc1. The number of ether oxygens (including phenoxy) is 3. The van der Waals surface area contributed by atoms with Crippen LogP contribution in [-0.2, 0) is 13.1 Å². The summed E-state index contributed by atoms with van der Waals surface area (Å²) in [4.78, 5) is 6.39. The Morgan fingerprint density at radius 3 is 2.63 bits per heavy atom. The van der Waals surface area contributed by atoms with Crippen molar-refractivity contribution in [1.29, 1.82) is 0 Å². The Bertz CT molecular complexity index is 1080. The van der Waals surface area contributed by atoms with E-state index in [0.29, 0.717) is 30.2 Å². The van der Waals surface area contributed by atoms with Crippen LogP contribution in [0.1, 0.15) is 30.4 Å². The molecule has 0 radical (unpaired) electrons. The predicted molar refractivity (Wildman–Crippen MR) is 136 cm³/mol. The lowest BCUT2D eigenvalue weighted by Crippen LogP contribution is -2.47. The molecule has 2 aromatic carbocycles. The number of aryl methyl sites for hydroxylation is 2. The average molecular weight is 500 g/mol. The molecule has 7 nitrogen and oxygen atoms in total. The molecule has 1 N–H and O–H groups in total. The fraction of sp³-hybridized carbons (Fsp3) is 0.444. The van der Waals surface area contributed by atoms with Gasteiger partial charge in [0.25, 0.3) is 0 Å². The number of hydrogen-bond donors (Lipinski definition) is 1. The second-order valence-electron chi connectivity index (χ2n) is 9.21. The van der Waals surface area contributed by atoms with Crippen LogP contribution in [0.3, 0.4) is 0 Å². The first kappa shape index (κ1) is 25.4. The second kappa shape index (κ2) is 11.8. The Labute approximate surface area is 212 Å². The molecule has 1 aliphatic heterocycles. The third kappa shape index (κ3) is 7.13. The van der Waals surface area contributed by atoms with Crippen LogP contribution in [0, 0.1) is 6.92 Å². The molecule has 188 valence electrons. The van der Waals surface area contributed by atoms with Crippen molar-refractivity contribution in [2.75, 3.05) is 33.4 Å². The fourth-order valence-corrected chi connectivity index (χ4v) is 4.41. The first-order valence-electron chi connectivity index (χ1n) is 12.0. The molecule has 2 heterocycles. The number of nitrogens with zero attached hydrogens (tertiary/aromatic N) is 3. The maximum atomic E-state index is 11.0. The van der Waals surface area contributed by atoms with Gasteiger partial charge in [0.05, 0.1) is 25.1 Å². The molecule has 0 atom stereocenters. The zero-order valence-electron chi connectivity index (χ0n) is 20.5. The highest BCUT2D eigenvalue weighted by atomic mass is 35.5. The van der Waals surface area contributed by atoms with E-state index in [2.05, 4.69) is 16.0 Å². The summed E-state index contributed by atoms with van der Waals surface area (Å²) in [6.07, 6.45) is 7.71. The number of hydrogen-bond acceptors (Lipinski definition) is 6. The van der Waals surface area contributed by atoms with Crippen molar-refractivity contribution in [3.05, 3.63) is 71.3 Å². The summed E-state index contributed by atoms with van der Waals surface area (Å²) in [7, 11) is 1.67. The maximum absolute atomic E-state index is 11.0. The van der Waals surface area contributed by atoms with E-state index in [1.54, 1.807) is 13.3 Å². The van der Waals surface area contributed by atoms with E-state index in [9.17, 15) is 5.11 Å². The van der Waals surface area contributed by atoms with E-state index in [0.717, 1.165) is 55.2 Å². The first-order chi connectivity index (χ1) is 16.9. The Morgan fingerprint density at radius 1 is 1.06 bits per heavy atom. The molecule has 1 saturated heterocycles. The summed E-state index contributed by atoms with van der Waals surface area (Å²) in [5.41, 5.74) is 1.38. The number of methoxy groups -OCH3 is 1. The normalized spacial score (nSPS) is 15.7. The molecule has 8 heteroatoms. The summed E-state index contributed by atoms with van der Waals surface area (Å²) in [5.74, 6) is 2.11. The highest BCUT2D eigenvalue weighted by Crippen LogP contribution is 2.31. The lowest BCUT2D eigenvalue weighted by atomic mass is 9.92. The highest BCUT2D eigenvalue weighted by Gasteiger charge is 2.33. The van der Waals surface area contributed by atoms with Gasteiger partial charge in [0, 0.05) is 38.6 Å². The van der Waals surface area contributed by atoms with E-state index < -0.39 is 5.60 Å². The van der Waals surface area contributed by atoms with Crippen molar-refractivity contribution in [3.8, 4) is 17.2 Å². The molecular formula is C27H34ClN3O4. The molecule has 0 bridgehead atoms. The molecule has 0 spiro atoms. The van der Waals surface area contributed by atoms with Crippen molar-refractivity contribution in [1.82, 2.24) is 14.5 Å². The maximum Gasteiger partial charge on any atom is 0.161 e. The molecule has 1 aromatic heterocycles. The quantitative estimate of drug-likeness (QED) is 0.385. The van der Waals surface area contributed by atoms with Gasteiger partial charge in [-0.1, -0.05) is 23.7 Å². The number of imidazole rings is 1. The number of halogens is 1. The largest absolute Gasteiger partial charge is 0.493 e. The number of piperidine rings is 1. The minimum Gasteiger partial charge on any atom is -0.493 e. The lowest BCUT2D eigenvalue weighted by Gasteiger charge is -2.38. The smallest absolute Gasteiger partial charge is 0.161 e. The summed E-state index contributed by atoms with van der Waals surface area (Å²) < 4.78 is 19.4.